The minimum absolute atomic E-state index is 0.300. The van der Waals surface area contributed by atoms with E-state index in [1.807, 2.05) is 12.1 Å². The number of amides is 1. The van der Waals surface area contributed by atoms with Gasteiger partial charge in [0.25, 0.3) is 5.91 Å². The Bertz CT molecular complexity index is 879. The molecule has 1 aromatic heterocycles. The van der Waals surface area contributed by atoms with Crippen LogP contribution in [0.4, 0.5) is 13.9 Å². The molecule has 0 aliphatic heterocycles. The van der Waals surface area contributed by atoms with Crippen molar-refractivity contribution in [1.29, 1.82) is 0 Å². The molecule has 1 heterocycles. The summed E-state index contributed by atoms with van der Waals surface area (Å²) < 4.78 is 31.9. The number of rotatable bonds is 4. The summed E-state index contributed by atoms with van der Waals surface area (Å²) >= 11 is 1.20. The fraction of sp³-hybridized carbons (Fsp3) is 0.0588. The highest BCUT2D eigenvalue weighted by molar-refractivity contribution is 7.14. The van der Waals surface area contributed by atoms with Crippen LogP contribution in [0.1, 0.15) is 10.4 Å². The van der Waals surface area contributed by atoms with E-state index in [9.17, 15) is 13.6 Å². The van der Waals surface area contributed by atoms with Crippen LogP contribution in [0.15, 0.2) is 47.8 Å². The first kappa shape index (κ1) is 16.1. The molecule has 0 atom stereocenters. The number of ether oxygens (including phenoxy) is 1. The molecular formula is C17H12F2N2O2S. The van der Waals surface area contributed by atoms with Crippen LogP contribution in [0.25, 0.3) is 11.3 Å². The average molecular weight is 346 g/mol. The lowest BCUT2D eigenvalue weighted by Crippen LogP contribution is -2.13. The van der Waals surface area contributed by atoms with Crippen LogP contribution in [0, 0.1) is 11.6 Å². The van der Waals surface area contributed by atoms with Crippen LogP contribution in [0.2, 0.25) is 0 Å². The van der Waals surface area contributed by atoms with E-state index < -0.39 is 17.5 Å². The highest BCUT2D eigenvalue weighted by atomic mass is 32.1. The number of hydrogen-bond acceptors (Lipinski definition) is 4. The molecule has 0 spiro atoms. The van der Waals surface area contributed by atoms with Gasteiger partial charge in [-0.05, 0) is 42.5 Å². The molecule has 0 saturated heterocycles. The fourth-order valence-electron chi connectivity index (χ4n) is 2.06. The van der Waals surface area contributed by atoms with E-state index in [0.29, 0.717) is 10.8 Å². The monoisotopic (exact) mass is 346 g/mol. The van der Waals surface area contributed by atoms with Crippen molar-refractivity contribution in [2.24, 2.45) is 0 Å². The molecular weight excluding hydrogens is 334 g/mol. The zero-order valence-electron chi connectivity index (χ0n) is 12.5. The highest BCUT2D eigenvalue weighted by Gasteiger charge is 2.15. The van der Waals surface area contributed by atoms with Gasteiger partial charge in [-0.25, -0.2) is 13.8 Å². The molecule has 0 bridgehead atoms. The third-order valence-corrected chi connectivity index (χ3v) is 4.04. The van der Waals surface area contributed by atoms with Crippen LogP contribution in [0.5, 0.6) is 5.75 Å². The van der Waals surface area contributed by atoms with Gasteiger partial charge < -0.3 is 4.74 Å². The Morgan fingerprint density at radius 1 is 1.17 bits per heavy atom. The minimum atomic E-state index is -0.791. The molecule has 1 amide bonds. The molecule has 0 saturated carbocycles. The number of aromatic nitrogens is 1. The number of carbonyl (C=O) groups is 1. The Morgan fingerprint density at radius 2 is 1.92 bits per heavy atom. The van der Waals surface area contributed by atoms with Gasteiger partial charge >= 0.3 is 0 Å². The second-order valence-electron chi connectivity index (χ2n) is 4.84. The molecule has 4 nitrogen and oxygen atoms in total. The predicted molar refractivity (Wildman–Crippen MR) is 88.4 cm³/mol. The van der Waals surface area contributed by atoms with Crippen molar-refractivity contribution in [1.82, 2.24) is 4.98 Å². The second-order valence-corrected chi connectivity index (χ2v) is 5.70. The number of benzene rings is 2. The van der Waals surface area contributed by atoms with Gasteiger partial charge in [-0.3, -0.25) is 10.1 Å². The zero-order valence-corrected chi connectivity index (χ0v) is 13.4. The van der Waals surface area contributed by atoms with Crippen molar-refractivity contribution in [2.75, 3.05) is 12.4 Å². The quantitative estimate of drug-likeness (QED) is 0.764. The van der Waals surface area contributed by atoms with Crippen molar-refractivity contribution < 1.29 is 18.3 Å². The SMILES string of the molecule is COc1ccc(-c2csc(NC(=O)c3cc(F)ccc3F)n2)cc1. The molecule has 0 radical (unpaired) electrons. The molecule has 3 rings (SSSR count). The van der Waals surface area contributed by atoms with E-state index in [4.69, 9.17) is 4.74 Å². The maximum atomic E-state index is 13.6. The van der Waals surface area contributed by atoms with E-state index >= 15 is 0 Å². The molecule has 3 aromatic rings. The smallest absolute Gasteiger partial charge is 0.260 e. The highest BCUT2D eigenvalue weighted by Crippen LogP contribution is 2.27. The minimum Gasteiger partial charge on any atom is -0.497 e. The zero-order chi connectivity index (χ0) is 17.1. The first-order chi connectivity index (χ1) is 11.6. The van der Waals surface area contributed by atoms with Crippen LogP contribution in [-0.2, 0) is 0 Å². The van der Waals surface area contributed by atoms with Gasteiger partial charge in [0.15, 0.2) is 5.13 Å². The van der Waals surface area contributed by atoms with Gasteiger partial charge in [0, 0.05) is 10.9 Å². The van der Waals surface area contributed by atoms with Gasteiger partial charge in [-0.15, -0.1) is 11.3 Å². The van der Waals surface area contributed by atoms with E-state index in [2.05, 4.69) is 10.3 Å². The lowest BCUT2D eigenvalue weighted by Gasteiger charge is -2.03. The molecule has 24 heavy (non-hydrogen) atoms. The first-order valence-electron chi connectivity index (χ1n) is 6.93. The molecule has 2 aromatic carbocycles. The fourth-order valence-corrected chi connectivity index (χ4v) is 2.78. The summed E-state index contributed by atoms with van der Waals surface area (Å²) in [5.41, 5.74) is 1.15. The third-order valence-electron chi connectivity index (χ3n) is 3.28. The Morgan fingerprint density at radius 3 is 2.62 bits per heavy atom. The topological polar surface area (TPSA) is 51.2 Å². The van der Waals surface area contributed by atoms with Gasteiger partial charge in [0.05, 0.1) is 18.4 Å². The van der Waals surface area contributed by atoms with Crippen LogP contribution in [0.3, 0.4) is 0 Å². The van der Waals surface area contributed by atoms with E-state index in [1.54, 1.807) is 24.6 Å². The van der Waals surface area contributed by atoms with E-state index in [-0.39, 0.29) is 5.56 Å². The van der Waals surface area contributed by atoms with Gasteiger partial charge in [0.2, 0.25) is 0 Å². The Hall–Kier alpha value is -2.80. The number of nitrogens with zero attached hydrogens (tertiary/aromatic N) is 1. The average Bonchev–Trinajstić information content (AvgIpc) is 3.05. The third kappa shape index (κ3) is 3.41. The van der Waals surface area contributed by atoms with Crippen molar-refractivity contribution >= 4 is 22.4 Å². The number of anilines is 1. The Balaban J connectivity index is 1.78. The number of hydrogen-bond donors (Lipinski definition) is 1. The normalized spacial score (nSPS) is 10.5. The summed E-state index contributed by atoms with van der Waals surface area (Å²) in [5.74, 6) is -1.49. The van der Waals surface area contributed by atoms with Crippen LogP contribution >= 0.6 is 11.3 Å². The summed E-state index contributed by atoms with van der Waals surface area (Å²) in [7, 11) is 1.58. The molecule has 122 valence electrons. The summed E-state index contributed by atoms with van der Waals surface area (Å²) in [4.78, 5) is 16.3. The van der Waals surface area contributed by atoms with Gasteiger partial charge in [-0.1, -0.05) is 0 Å². The molecule has 1 N–H and O–H groups in total. The van der Waals surface area contributed by atoms with Gasteiger partial charge in [-0.2, -0.15) is 0 Å². The van der Waals surface area contributed by atoms with Crippen molar-refractivity contribution in [3.63, 3.8) is 0 Å². The lowest BCUT2D eigenvalue weighted by molar-refractivity contribution is 0.102. The molecule has 0 aliphatic rings. The van der Waals surface area contributed by atoms with Gasteiger partial charge in [0.1, 0.15) is 17.4 Å². The standard InChI is InChI=1S/C17H12F2N2O2S/c1-23-12-5-2-10(3-6-12)15-9-24-17(20-15)21-16(22)13-8-11(18)4-7-14(13)19/h2-9H,1H3,(H,20,21,22). The molecule has 0 fully saturated rings. The van der Waals surface area contributed by atoms with Crippen molar-refractivity contribution in [3.05, 3.63) is 65.0 Å². The Kier molecular flexibility index (Phi) is 4.52. The number of halogens is 2. The van der Waals surface area contributed by atoms with E-state index in [0.717, 1.165) is 29.5 Å². The number of carbonyl (C=O) groups excluding carboxylic acids is 1. The summed E-state index contributed by atoms with van der Waals surface area (Å²) in [5, 5.41) is 4.54. The summed E-state index contributed by atoms with van der Waals surface area (Å²) in [6.07, 6.45) is 0. The van der Waals surface area contributed by atoms with E-state index in [1.165, 1.54) is 11.3 Å². The van der Waals surface area contributed by atoms with Crippen LogP contribution in [-0.4, -0.2) is 18.0 Å². The van der Waals surface area contributed by atoms with Crippen molar-refractivity contribution in [2.45, 2.75) is 0 Å². The molecule has 7 heteroatoms. The summed E-state index contributed by atoms with van der Waals surface area (Å²) in [6, 6.07) is 10.00. The first-order valence-corrected chi connectivity index (χ1v) is 7.81. The second kappa shape index (κ2) is 6.76. The van der Waals surface area contributed by atoms with Crippen LogP contribution < -0.4 is 10.1 Å². The largest absolute Gasteiger partial charge is 0.497 e. The number of methoxy groups -OCH3 is 1. The molecule has 0 unspecified atom stereocenters. The maximum absolute atomic E-state index is 13.6. The van der Waals surface area contributed by atoms with Crippen molar-refractivity contribution in [3.8, 4) is 17.0 Å². The maximum Gasteiger partial charge on any atom is 0.260 e. The summed E-state index contributed by atoms with van der Waals surface area (Å²) in [6.45, 7) is 0. The predicted octanol–water partition coefficient (Wildman–Crippen LogP) is 4.35. The number of thiazole rings is 1. The Labute approximate surface area is 140 Å². The number of nitrogens with one attached hydrogen (secondary N) is 1. The molecule has 0 aliphatic carbocycles. The lowest BCUT2D eigenvalue weighted by atomic mass is 10.2.